The van der Waals surface area contributed by atoms with E-state index in [1.54, 1.807) is 6.92 Å². The second kappa shape index (κ2) is 7.10. The maximum Gasteiger partial charge on any atom is 0.219 e. The number of carbonyl (C=O) groups is 1. The maximum absolute atomic E-state index is 11.7. The van der Waals surface area contributed by atoms with Crippen molar-refractivity contribution >= 4 is 5.91 Å². The lowest BCUT2D eigenvalue weighted by Gasteiger charge is -2.30. The van der Waals surface area contributed by atoms with Crippen LogP contribution >= 0.6 is 0 Å². The first-order chi connectivity index (χ1) is 8.75. The number of hydrogen-bond acceptors (Lipinski definition) is 3. The molecule has 1 amide bonds. The lowest BCUT2D eigenvalue weighted by atomic mass is 9.97. The molecule has 0 spiro atoms. The first kappa shape index (κ1) is 13.8. The summed E-state index contributed by atoms with van der Waals surface area (Å²) in [7, 11) is 0. The Balaban J connectivity index is 1.73. The average Bonchev–Trinajstić information content (AvgIpc) is 2.88. The molecule has 18 heavy (non-hydrogen) atoms. The summed E-state index contributed by atoms with van der Waals surface area (Å²) in [5.74, 6) is 0.946. The van der Waals surface area contributed by atoms with Crippen LogP contribution in [0.1, 0.15) is 32.6 Å². The summed E-state index contributed by atoms with van der Waals surface area (Å²) in [5, 5.41) is 3.38. The summed E-state index contributed by atoms with van der Waals surface area (Å²) in [5.41, 5.74) is 0. The molecule has 0 unspecified atom stereocenters. The van der Waals surface area contributed by atoms with Gasteiger partial charge in [0, 0.05) is 26.6 Å². The first-order valence-corrected chi connectivity index (χ1v) is 7.44. The first-order valence-electron chi connectivity index (χ1n) is 7.44. The predicted molar refractivity (Wildman–Crippen MR) is 73.5 cm³/mol. The predicted octanol–water partition coefficient (Wildman–Crippen LogP) is 0.930. The normalized spacial score (nSPS) is 22.3. The van der Waals surface area contributed by atoms with E-state index in [1.165, 1.54) is 38.8 Å². The van der Waals surface area contributed by atoms with E-state index in [-0.39, 0.29) is 5.91 Å². The van der Waals surface area contributed by atoms with E-state index in [9.17, 15) is 4.79 Å². The van der Waals surface area contributed by atoms with Gasteiger partial charge in [0.25, 0.3) is 0 Å². The molecule has 2 aliphatic heterocycles. The van der Waals surface area contributed by atoms with Gasteiger partial charge >= 0.3 is 0 Å². The molecule has 2 heterocycles. The lowest BCUT2D eigenvalue weighted by Crippen LogP contribution is -2.41. The second-order valence-electron chi connectivity index (χ2n) is 5.71. The van der Waals surface area contributed by atoms with E-state index in [1.807, 2.05) is 0 Å². The molecule has 4 heteroatoms. The highest BCUT2D eigenvalue weighted by Gasteiger charge is 2.20. The third-order valence-electron chi connectivity index (χ3n) is 4.27. The molecule has 0 bridgehead atoms. The van der Waals surface area contributed by atoms with Crippen molar-refractivity contribution in [1.29, 1.82) is 0 Å². The van der Waals surface area contributed by atoms with Crippen LogP contribution in [0.5, 0.6) is 0 Å². The molecule has 4 nitrogen and oxygen atoms in total. The highest BCUT2D eigenvalue weighted by Crippen LogP contribution is 2.14. The summed E-state index contributed by atoms with van der Waals surface area (Å²) in [6.07, 6.45) is 5.09. The summed E-state index contributed by atoms with van der Waals surface area (Å²) in [6, 6.07) is 0. The number of rotatable bonds is 5. The smallest absolute Gasteiger partial charge is 0.219 e. The molecular weight excluding hydrogens is 226 g/mol. The summed E-state index contributed by atoms with van der Waals surface area (Å²) in [6.45, 7) is 9.32. The Labute approximate surface area is 111 Å². The van der Waals surface area contributed by atoms with Crippen LogP contribution in [0, 0.1) is 5.92 Å². The zero-order chi connectivity index (χ0) is 12.8. The Bertz CT molecular complexity index is 258. The van der Waals surface area contributed by atoms with E-state index in [0.717, 1.165) is 32.7 Å². The molecule has 0 aromatic heterocycles. The van der Waals surface area contributed by atoms with Crippen LogP contribution in [-0.2, 0) is 4.79 Å². The standard InChI is InChI=1S/C14H27N3O/c1-13(18)17(11-10-16-8-2-3-9-16)12-14-4-6-15-7-5-14/h14-15H,2-12H2,1H3. The van der Waals surface area contributed by atoms with Crippen molar-refractivity contribution in [3.63, 3.8) is 0 Å². The fourth-order valence-electron chi connectivity index (χ4n) is 3.02. The quantitative estimate of drug-likeness (QED) is 0.792. The molecule has 2 rings (SSSR count). The number of amides is 1. The molecule has 0 saturated carbocycles. The highest BCUT2D eigenvalue weighted by atomic mass is 16.2. The van der Waals surface area contributed by atoms with Gasteiger partial charge in [-0.05, 0) is 57.8 Å². The molecule has 2 fully saturated rings. The molecule has 0 atom stereocenters. The fraction of sp³-hybridized carbons (Fsp3) is 0.929. The van der Waals surface area contributed by atoms with Crippen molar-refractivity contribution in [3.05, 3.63) is 0 Å². The Kier molecular flexibility index (Phi) is 5.45. The SMILES string of the molecule is CC(=O)N(CCN1CCCC1)CC1CCNCC1. The van der Waals surface area contributed by atoms with Gasteiger partial charge < -0.3 is 15.1 Å². The van der Waals surface area contributed by atoms with E-state index in [2.05, 4.69) is 15.1 Å². The van der Waals surface area contributed by atoms with Crippen molar-refractivity contribution < 1.29 is 4.79 Å². The van der Waals surface area contributed by atoms with E-state index in [0.29, 0.717) is 5.92 Å². The molecule has 0 aliphatic carbocycles. The van der Waals surface area contributed by atoms with Gasteiger partial charge in [-0.2, -0.15) is 0 Å². The van der Waals surface area contributed by atoms with Gasteiger partial charge in [0.15, 0.2) is 0 Å². The molecule has 2 saturated heterocycles. The number of nitrogens with one attached hydrogen (secondary N) is 1. The molecule has 2 aliphatic rings. The second-order valence-corrected chi connectivity index (χ2v) is 5.71. The Hall–Kier alpha value is -0.610. The van der Waals surface area contributed by atoms with Gasteiger partial charge in [-0.25, -0.2) is 0 Å². The number of carbonyl (C=O) groups excluding carboxylic acids is 1. The number of nitrogens with zero attached hydrogens (tertiary/aromatic N) is 2. The molecule has 0 aromatic carbocycles. The van der Waals surface area contributed by atoms with Crippen molar-refractivity contribution in [2.75, 3.05) is 45.8 Å². The van der Waals surface area contributed by atoms with Gasteiger partial charge in [0.2, 0.25) is 5.91 Å². The third kappa shape index (κ3) is 4.25. The van der Waals surface area contributed by atoms with Gasteiger partial charge in [0.05, 0.1) is 0 Å². The van der Waals surface area contributed by atoms with Gasteiger partial charge in [-0.15, -0.1) is 0 Å². The van der Waals surface area contributed by atoms with Crippen LogP contribution in [-0.4, -0.2) is 61.5 Å². The van der Waals surface area contributed by atoms with Gasteiger partial charge in [-0.3, -0.25) is 4.79 Å². The minimum Gasteiger partial charge on any atom is -0.341 e. The zero-order valence-electron chi connectivity index (χ0n) is 11.7. The van der Waals surface area contributed by atoms with E-state index >= 15 is 0 Å². The minimum atomic E-state index is 0.243. The number of hydrogen-bond donors (Lipinski definition) is 1. The fourth-order valence-corrected chi connectivity index (χ4v) is 3.02. The van der Waals surface area contributed by atoms with Crippen LogP contribution in [0.15, 0.2) is 0 Å². The largest absolute Gasteiger partial charge is 0.341 e. The minimum absolute atomic E-state index is 0.243. The molecule has 1 N–H and O–H groups in total. The van der Waals surface area contributed by atoms with Crippen LogP contribution in [0.3, 0.4) is 0 Å². The van der Waals surface area contributed by atoms with Crippen molar-refractivity contribution in [2.45, 2.75) is 32.6 Å². The van der Waals surface area contributed by atoms with E-state index < -0.39 is 0 Å². The number of likely N-dealkylation sites (tertiary alicyclic amines) is 1. The molecule has 0 aromatic rings. The summed E-state index contributed by atoms with van der Waals surface area (Å²) < 4.78 is 0. The van der Waals surface area contributed by atoms with Crippen LogP contribution in [0.25, 0.3) is 0 Å². The molecule has 0 radical (unpaired) electrons. The third-order valence-corrected chi connectivity index (χ3v) is 4.27. The van der Waals surface area contributed by atoms with Crippen molar-refractivity contribution in [3.8, 4) is 0 Å². The van der Waals surface area contributed by atoms with Crippen LogP contribution in [0.4, 0.5) is 0 Å². The summed E-state index contributed by atoms with van der Waals surface area (Å²) in [4.78, 5) is 16.3. The monoisotopic (exact) mass is 253 g/mol. The Morgan fingerprint density at radius 1 is 1.28 bits per heavy atom. The maximum atomic E-state index is 11.7. The average molecular weight is 253 g/mol. The lowest BCUT2D eigenvalue weighted by molar-refractivity contribution is -0.129. The zero-order valence-corrected chi connectivity index (χ0v) is 11.7. The molecule has 104 valence electrons. The van der Waals surface area contributed by atoms with Crippen LogP contribution < -0.4 is 5.32 Å². The highest BCUT2D eigenvalue weighted by molar-refractivity contribution is 5.73. The Morgan fingerprint density at radius 2 is 1.94 bits per heavy atom. The topological polar surface area (TPSA) is 35.6 Å². The number of piperidine rings is 1. The van der Waals surface area contributed by atoms with Crippen LogP contribution in [0.2, 0.25) is 0 Å². The van der Waals surface area contributed by atoms with Gasteiger partial charge in [0.1, 0.15) is 0 Å². The van der Waals surface area contributed by atoms with Crippen molar-refractivity contribution in [2.24, 2.45) is 5.92 Å². The Morgan fingerprint density at radius 3 is 2.56 bits per heavy atom. The van der Waals surface area contributed by atoms with Crippen molar-refractivity contribution in [1.82, 2.24) is 15.1 Å². The molecular formula is C14H27N3O. The van der Waals surface area contributed by atoms with E-state index in [4.69, 9.17) is 0 Å². The summed E-state index contributed by atoms with van der Waals surface area (Å²) >= 11 is 0. The van der Waals surface area contributed by atoms with Gasteiger partial charge in [-0.1, -0.05) is 0 Å².